The summed E-state index contributed by atoms with van der Waals surface area (Å²) in [6.07, 6.45) is 1.12. The predicted molar refractivity (Wildman–Crippen MR) is 43.6 cm³/mol. The van der Waals surface area contributed by atoms with Crippen LogP contribution in [0.2, 0.25) is 0 Å². The average molecular weight is 287 g/mol. The van der Waals surface area contributed by atoms with E-state index in [1.54, 1.807) is 0 Å². The largest absolute Gasteiger partial charge is 0.478 e. The second-order valence-corrected chi connectivity index (χ2v) is 2.35. The Morgan fingerprint density at radius 2 is 1.07 bits per heavy atom. The number of aliphatic carboxylic acids is 2. The first-order valence-corrected chi connectivity index (χ1v) is 3.86. The van der Waals surface area contributed by atoms with Gasteiger partial charge >= 0.3 is 22.3 Å². The molecule has 0 saturated heterocycles. The van der Waals surface area contributed by atoms with Crippen LogP contribution in [0.25, 0.3) is 0 Å². The molecule has 0 atom stereocenters. The molecule has 7 N–H and O–H groups in total. The first-order valence-electron chi connectivity index (χ1n) is 2.46. The van der Waals surface area contributed by atoms with Crippen LogP contribution in [-0.4, -0.2) is 39.7 Å². The van der Waals surface area contributed by atoms with Gasteiger partial charge in [0.05, 0.1) is 0 Å². The van der Waals surface area contributed by atoms with Crippen molar-refractivity contribution < 1.29 is 54.4 Å². The van der Waals surface area contributed by atoms with Gasteiger partial charge in [-0.15, -0.1) is 0 Å². The van der Waals surface area contributed by atoms with Gasteiger partial charge in [0.2, 0.25) is 0 Å². The summed E-state index contributed by atoms with van der Waals surface area (Å²) in [6, 6.07) is 0. The molecule has 0 heterocycles. The number of rotatable bonds is 2. The maximum Gasteiger partial charge on any atom is 0.394 e. The molecular formula is C4H9FeNO8S. The van der Waals surface area contributed by atoms with Crippen LogP contribution in [-0.2, 0) is 37.1 Å². The normalized spacial score (nSPS) is 8.93. The van der Waals surface area contributed by atoms with Gasteiger partial charge in [-0.05, 0) is 0 Å². The van der Waals surface area contributed by atoms with E-state index in [-0.39, 0.29) is 23.2 Å². The summed E-state index contributed by atoms with van der Waals surface area (Å²) in [4.78, 5) is 19.1. The molecule has 0 aliphatic carbocycles. The van der Waals surface area contributed by atoms with Crippen molar-refractivity contribution in [2.75, 3.05) is 0 Å². The first kappa shape index (κ1) is 23.7. The molecule has 0 aliphatic heterocycles. The third kappa shape index (κ3) is 97.6. The summed E-state index contributed by atoms with van der Waals surface area (Å²) in [5.74, 6) is -2.51. The topological polar surface area (TPSA) is 184 Å². The zero-order valence-corrected chi connectivity index (χ0v) is 8.97. The van der Waals surface area contributed by atoms with E-state index in [9.17, 15) is 9.59 Å². The van der Waals surface area contributed by atoms with Crippen LogP contribution in [0.4, 0.5) is 0 Å². The Hall–Kier alpha value is -0.971. The average Bonchev–Trinajstić information content (AvgIpc) is 1.79. The van der Waals surface area contributed by atoms with Gasteiger partial charge in [0, 0.05) is 29.2 Å². The summed E-state index contributed by atoms with van der Waals surface area (Å²) in [6.45, 7) is 0. The molecule has 0 radical (unpaired) electrons. The van der Waals surface area contributed by atoms with Gasteiger partial charge in [-0.1, -0.05) is 0 Å². The number of carboxylic acid groups (broad SMARTS) is 2. The zero-order valence-electron chi connectivity index (χ0n) is 7.05. The summed E-state index contributed by atoms with van der Waals surface area (Å²) in [5.41, 5.74) is 0. The van der Waals surface area contributed by atoms with E-state index in [2.05, 4.69) is 0 Å². The third-order valence-corrected chi connectivity index (χ3v) is 0.368. The Morgan fingerprint density at radius 1 is 0.933 bits per heavy atom. The first-order chi connectivity index (χ1) is 5.63. The Balaban J connectivity index is -0.0000000770. The van der Waals surface area contributed by atoms with Crippen LogP contribution < -0.4 is 6.15 Å². The molecule has 0 bridgehead atoms. The van der Waals surface area contributed by atoms with E-state index in [4.69, 9.17) is 27.7 Å². The van der Waals surface area contributed by atoms with Crippen molar-refractivity contribution in [1.29, 1.82) is 0 Å². The maximum absolute atomic E-state index is 9.55. The molecule has 0 spiro atoms. The van der Waals surface area contributed by atoms with Gasteiger partial charge in [0.25, 0.3) is 0 Å². The molecule has 11 heteroatoms. The van der Waals surface area contributed by atoms with E-state index < -0.39 is 22.3 Å². The Labute approximate surface area is 95.4 Å². The van der Waals surface area contributed by atoms with Gasteiger partial charge in [-0.2, -0.15) is 8.42 Å². The van der Waals surface area contributed by atoms with Crippen LogP contribution >= 0.6 is 0 Å². The minimum Gasteiger partial charge on any atom is -0.478 e. The molecule has 0 unspecified atom stereocenters. The van der Waals surface area contributed by atoms with Gasteiger partial charge in [0.1, 0.15) is 0 Å². The molecule has 15 heavy (non-hydrogen) atoms. The van der Waals surface area contributed by atoms with Crippen molar-refractivity contribution in [3.05, 3.63) is 12.2 Å². The molecule has 0 aliphatic rings. The van der Waals surface area contributed by atoms with Crippen molar-refractivity contribution in [2.24, 2.45) is 0 Å². The van der Waals surface area contributed by atoms with Crippen molar-refractivity contribution in [3.8, 4) is 0 Å². The summed E-state index contributed by atoms with van der Waals surface area (Å²) < 4.78 is 31.6. The Kier molecular flexibility index (Phi) is 17.5. The van der Waals surface area contributed by atoms with E-state index in [0.717, 1.165) is 0 Å². The molecule has 9 nitrogen and oxygen atoms in total. The van der Waals surface area contributed by atoms with Crippen molar-refractivity contribution in [2.45, 2.75) is 0 Å². The Morgan fingerprint density at radius 3 is 1.13 bits per heavy atom. The summed E-state index contributed by atoms with van der Waals surface area (Å²) >= 11 is 0. The van der Waals surface area contributed by atoms with Crippen LogP contribution in [0.3, 0.4) is 0 Å². The van der Waals surface area contributed by atoms with Crippen molar-refractivity contribution >= 4 is 22.3 Å². The zero-order chi connectivity index (χ0) is 11.1. The summed E-state index contributed by atoms with van der Waals surface area (Å²) in [5, 5.41) is 15.6. The van der Waals surface area contributed by atoms with Gasteiger partial charge in [0.15, 0.2) is 0 Å². The van der Waals surface area contributed by atoms with Crippen LogP contribution in [0, 0.1) is 0 Å². The number of hydrogen-bond donors (Lipinski definition) is 5. The second-order valence-electron chi connectivity index (χ2n) is 1.46. The molecule has 0 fully saturated rings. The van der Waals surface area contributed by atoms with E-state index >= 15 is 0 Å². The van der Waals surface area contributed by atoms with Crippen LogP contribution in [0.15, 0.2) is 12.2 Å². The van der Waals surface area contributed by atoms with E-state index in [0.29, 0.717) is 12.2 Å². The SMILES string of the molecule is N.O=C(O)/C=C/C(=O)O.O=S(=O)(O)O.[Fe]. The fraction of sp³-hybridized carbons (Fsp3) is 0. The molecule has 0 aromatic rings. The monoisotopic (exact) mass is 287 g/mol. The van der Waals surface area contributed by atoms with Gasteiger partial charge < -0.3 is 16.4 Å². The quantitative estimate of drug-likeness (QED) is 0.247. The molecule has 0 saturated carbocycles. The van der Waals surface area contributed by atoms with Crippen molar-refractivity contribution in [1.82, 2.24) is 6.15 Å². The molecule has 0 amide bonds. The van der Waals surface area contributed by atoms with E-state index in [1.807, 2.05) is 0 Å². The molecule has 0 aromatic heterocycles. The van der Waals surface area contributed by atoms with Crippen molar-refractivity contribution in [3.63, 3.8) is 0 Å². The van der Waals surface area contributed by atoms with Gasteiger partial charge in [-0.25, -0.2) is 9.59 Å². The third-order valence-electron chi connectivity index (χ3n) is 0.368. The number of carboxylic acids is 2. The minimum absolute atomic E-state index is 0. The van der Waals surface area contributed by atoms with Crippen LogP contribution in [0.5, 0.6) is 0 Å². The molecule has 0 rings (SSSR count). The predicted octanol–water partition coefficient (Wildman–Crippen LogP) is -0.781. The smallest absolute Gasteiger partial charge is 0.394 e. The molecular weight excluding hydrogens is 278 g/mol. The number of hydrogen-bond acceptors (Lipinski definition) is 5. The van der Waals surface area contributed by atoms with E-state index in [1.165, 1.54) is 0 Å². The molecule has 92 valence electrons. The summed E-state index contributed by atoms with van der Waals surface area (Å²) in [7, 11) is -4.67. The minimum atomic E-state index is -4.67. The fourth-order valence-corrected chi connectivity index (χ4v) is 0.143. The Bertz CT molecular complexity index is 285. The fourth-order valence-electron chi connectivity index (χ4n) is 0.143. The maximum atomic E-state index is 9.55. The van der Waals surface area contributed by atoms with Gasteiger partial charge in [-0.3, -0.25) is 9.11 Å². The standard InChI is InChI=1S/C4H4O4.Fe.H3N.H2O4S/c5-3(6)1-2-4(7)8;;;1-5(2,3)4/h1-2H,(H,5,6)(H,7,8);;1H3;(H2,1,2,3,4)/b2-1+;;;. The second kappa shape index (κ2) is 11.1. The van der Waals surface area contributed by atoms with Crippen LogP contribution in [0.1, 0.15) is 0 Å². The molecule has 0 aromatic carbocycles. The number of carbonyl (C=O) groups is 2.